The Labute approximate surface area is 134 Å². The maximum atomic E-state index is 12.9. The zero-order chi connectivity index (χ0) is 16.2. The normalized spacial score (nSPS) is 27.3. The third-order valence-corrected chi connectivity index (χ3v) is 7.29. The molecule has 2 aliphatic heterocycles. The van der Waals surface area contributed by atoms with Gasteiger partial charge in [-0.3, -0.25) is 0 Å². The minimum absolute atomic E-state index is 0.0323. The molecule has 2 fully saturated rings. The smallest absolute Gasteiger partial charge is 0.282 e. The number of ether oxygens (including phenoxy) is 1. The summed E-state index contributed by atoms with van der Waals surface area (Å²) in [6.45, 7) is 4.35. The van der Waals surface area contributed by atoms with Crippen molar-refractivity contribution in [1.82, 2.24) is 8.61 Å². The molecule has 130 valence electrons. The summed E-state index contributed by atoms with van der Waals surface area (Å²) in [6.07, 6.45) is 5.26. The molecular weight excluding hydrogens is 304 g/mol. The van der Waals surface area contributed by atoms with Crippen LogP contribution in [-0.2, 0) is 14.9 Å². The molecule has 0 aliphatic carbocycles. The molecule has 0 aromatic rings. The van der Waals surface area contributed by atoms with E-state index in [0.29, 0.717) is 26.2 Å². The average molecular weight is 334 g/mol. The second-order valence-corrected chi connectivity index (χ2v) is 8.56. The molecule has 0 radical (unpaired) electrons. The summed E-state index contributed by atoms with van der Waals surface area (Å²) < 4.78 is 34.1. The van der Waals surface area contributed by atoms with Crippen LogP contribution >= 0.6 is 0 Å². The van der Waals surface area contributed by atoms with Gasteiger partial charge in [0.2, 0.25) is 0 Å². The summed E-state index contributed by atoms with van der Waals surface area (Å²) in [4.78, 5) is 0. The molecular formula is C15H30N2O4S. The van der Waals surface area contributed by atoms with E-state index >= 15 is 0 Å². The molecule has 0 bridgehead atoms. The van der Waals surface area contributed by atoms with E-state index < -0.39 is 10.2 Å². The Bertz CT molecular complexity index is 446. The number of methoxy groups -OCH3 is 1. The third kappa shape index (κ3) is 3.64. The summed E-state index contributed by atoms with van der Waals surface area (Å²) in [5, 5.41) is 9.69. The molecule has 6 nitrogen and oxygen atoms in total. The molecule has 2 aliphatic rings. The van der Waals surface area contributed by atoms with E-state index in [9.17, 15) is 13.5 Å². The van der Waals surface area contributed by atoms with Gasteiger partial charge in [0, 0.05) is 39.4 Å². The van der Waals surface area contributed by atoms with Crippen LogP contribution in [0.15, 0.2) is 0 Å². The second kappa shape index (κ2) is 7.57. The maximum Gasteiger partial charge on any atom is 0.282 e. The van der Waals surface area contributed by atoms with Crippen molar-refractivity contribution in [2.45, 2.75) is 51.5 Å². The highest BCUT2D eigenvalue weighted by molar-refractivity contribution is 7.86. The highest BCUT2D eigenvalue weighted by Crippen LogP contribution is 2.37. The van der Waals surface area contributed by atoms with Gasteiger partial charge in [-0.2, -0.15) is 17.0 Å². The first kappa shape index (κ1) is 18.1. The van der Waals surface area contributed by atoms with Crippen molar-refractivity contribution in [2.75, 3.05) is 40.0 Å². The minimum Gasteiger partial charge on any atom is -0.396 e. The van der Waals surface area contributed by atoms with Crippen LogP contribution in [0.2, 0.25) is 0 Å². The molecule has 0 aromatic heterocycles. The van der Waals surface area contributed by atoms with Crippen molar-refractivity contribution in [2.24, 2.45) is 5.41 Å². The van der Waals surface area contributed by atoms with Gasteiger partial charge in [-0.15, -0.1) is 0 Å². The Kier molecular flexibility index (Phi) is 6.24. The van der Waals surface area contributed by atoms with E-state index in [4.69, 9.17) is 4.74 Å². The van der Waals surface area contributed by atoms with Gasteiger partial charge in [-0.1, -0.05) is 13.3 Å². The minimum atomic E-state index is -3.40. The van der Waals surface area contributed by atoms with E-state index in [-0.39, 0.29) is 18.1 Å². The van der Waals surface area contributed by atoms with Crippen LogP contribution in [-0.4, -0.2) is 68.1 Å². The van der Waals surface area contributed by atoms with Crippen molar-refractivity contribution < 1.29 is 18.3 Å². The lowest BCUT2D eigenvalue weighted by molar-refractivity contribution is 0.0570. The fraction of sp³-hybridized carbons (Fsp3) is 1.00. The van der Waals surface area contributed by atoms with E-state index in [0.717, 1.165) is 38.5 Å². The van der Waals surface area contributed by atoms with Crippen molar-refractivity contribution in [1.29, 1.82) is 0 Å². The van der Waals surface area contributed by atoms with Crippen molar-refractivity contribution >= 4 is 10.2 Å². The largest absolute Gasteiger partial charge is 0.396 e. The quantitative estimate of drug-likeness (QED) is 0.760. The van der Waals surface area contributed by atoms with Gasteiger partial charge in [0.05, 0.1) is 6.61 Å². The molecule has 0 saturated carbocycles. The predicted molar refractivity (Wildman–Crippen MR) is 85.8 cm³/mol. The summed E-state index contributed by atoms with van der Waals surface area (Å²) >= 11 is 0. The average Bonchev–Trinajstić information content (AvgIpc) is 2.97. The van der Waals surface area contributed by atoms with Gasteiger partial charge in [0.25, 0.3) is 10.2 Å². The van der Waals surface area contributed by atoms with Crippen LogP contribution in [0, 0.1) is 5.41 Å². The van der Waals surface area contributed by atoms with Crippen molar-refractivity contribution in [3.05, 3.63) is 0 Å². The van der Waals surface area contributed by atoms with Crippen LogP contribution < -0.4 is 0 Å². The molecule has 2 heterocycles. The van der Waals surface area contributed by atoms with Crippen LogP contribution in [0.5, 0.6) is 0 Å². The topological polar surface area (TPSA) is 70.1 Å². The summed E-state index contributed by atoms with van der Waals surface area (Å²) in [5.74, 6) is 0. The standard InChI is InChI=1S/C15H30N2O4S/c1-3-6-15(13-18)7-10-16(11-8-15)22(19,20)17-9-4-5-14(17)12-21-2/h14,18H,3-13H2,1-2H3. The number of hydrogen-bond donors (Lipinski definition) is 1. The lowest BCUT2D eigenvalue weighted by Crippen LogP contribution is -2.51. The molecule has 1 unspecified atom stereocenters. The van der Waals surface area contributed by atoms with Crippen molar-refractivity contribution in [3.8, 4) is 0 Å². The molecule has 2 rings (SSSR count). The van der Waals surface area contributed by atoms with E-state index in [1.54, 1.807) is 15.7 Å². The number of aliphatic hydroxyl groups is 1. The Hall–Kier alpha value is -0.210. The first-order valence-electron chi connectivity index (χ1n) is 8.36. The first-order chi connectivity index (χ1) is 10.5. The SMILES string of the molecule is CCCC1(CO)CCN(S(=O)(=O)N2CCCC2COC)CC1. The zero-order valence-corrected chi connectivity index (χ0v) is 14.6. The molecule has 22 heavy (non-hydrogen) atoms. The van der Waals surface area contributed by atoms with Crippen molar-refractivity contribution in [3.63, 3.8) is 0 Å². The summed E-state index contributed by atoms with van der Waals surface area (Å²) in [5.41, 5.74) is -0.0856. The second-order valence-electron chi connectivity index (χ2n) is 6.68. The van der Waals surface area contributed by atoms with Gasteiger partial charge < -0.3 is 9.84 Å². The Morgan fingerprint density at radius 2 is 1.95 bits per heavy atom. The van der Waals surface area contributed by atoms with Crippen LogP contribution in [0.3, 0.4) is 0 Å². The summed E-state index contributed by atoms with van der Waals surface area (Å²) in [6, 6.07) is -0.0323. The lowest BCUT2D eigenvalue weighted by atomic mass is 9.76. The zero-order valence-electron chi connectivity index (χ0n) is 13.8. The molecule has 0 aromatic carbocycles. The van der Waals surface area contributed by atoms with Gasteiger partial charge in [0.15, 0.2) is 0 Å². The Morgan fingerprint density at radius 1 is 1.27 bits per heavy atom. The predicted octanol–water partition coefficient (Wildman–Crippen LogP) is 1.22. The number of aliphatic hydroxyl groups excluding tert-OH is 1. The van der Waals surface area contributed by atoms with Gasteiger partial charge in [-0.25, -0.2) is 0 Å². The van der Waals surface area contributed by atoms with E-state index in [1.165, 1.54) is 0 Å². The molecule has 7 heteroatoms. The number of hydrogen-bond acceptors (Lipinski definition) is 4. The first-order valence-corrected chi connectivity index (χ1v) is 9.75. The highest BCUT2D eigenvalue weighted by Gasteiger charge is 2.42. The fourth-order valence-electron chi connectivity index (χ4n) is 3.83. The molecule has 0 spiro atoms. The van der Waals surface area contributed by atoms with Crippen LogP contribution in [0.25, 0.3) is 0 Å². The highest BCUT2D eigenvalue weighted by atomic mass is 32.2. The summed E-state index contributed by atoms with van der Waals surface area (Å²) in [7, 11) is -1.79. The van der Waals surface area contributed by atoms with Gasteiger partial charge in [0.1, 0.15) is 0 Å². The lowest BCUT2D eigenvalue weighted by Gasteiger charge is -2.41. The monoisotopic (exact) mass is 334 g/mol. The molecule has 0 amide bonds. The Morgan fingerprint density at radius 3 is 2.50 bits per heavy atom. The van der Waals surface area contributed by atoms with Gasteiger partial charge >= 0.3 is 0 Å². The molecule has 1 atom stereocenters. The molecule has 2 saturated heterocycles. The Balaban J connectivity index is 2.03. The molecule has 1 N–H and O–H groups in total. The number of rotatable bonds is 7. The van der Waals surface area contributed by atoms with Crippen LogP contribution in [0.4, 0.5) is 0 Å². The van der Waals surface area contributed by atoms with E-state index in [1.807, 2.05) is 0 Å². The van der Waals surface area contributed by atoms with Crippen LogP contribution in [0.1, 0.15) is 45.4 Å². The number of piperidine rings is 1. The third-order valence-electron chi connectivity index (χ3n) is 5.20. The maximum absolute atomic E-state index is 12.9. The fourth-order valence-corrected chi connectivity index (χ4v) is 5.67. The van der Waals surface area contributed by atoms with E-state index in [2.05, 4.69) is 6.92 Å². The number of nitrogens with zero attached hydrogens (tertiary/aromatic N) is 2. The van der Waals surface area contributed by atoms with Gasteiger partial charge in [-0.05, 0) is 37.5 Å².